The number of nitrogens with two attached hydrogens (primary N) is 1. The van der Waals surface area contributed by atoms with Crippen LogP contribution in [0.15, 0.2) is 57.7 Å². The molecule has 3 unspecified atom stereocenters. The lowest BCUT2D eigenvalue weighted by Crippen LogP contribution is -2.40. The quantitative estimate of drug-likeness (QED) is 0.115. The minimum absolute atomic E-state index is 0.0435. The van der Waals surface area contributed by atoms with Gasteiger partial charge in [-0.05, 0) is 80.4 Å². The smallest absolute Gasteiger partial charge is 0.202 e. The Labute approximate surface area is 229 Å². The third-order valence-electron chi connectivity index (χ3n) is 6.42. The summed E-state index contributed by atoms with van der Waals surface area (Å²) in [5, 5.41) is 17.6. The van der Waals surface area contributed by atoms with Crippen molar-refractivity contribution in [1.82, 2.24) is 4.90 Å². The number of nitrogens with one attached hydrogen (secondary N) is 1. The molecule has 0 radical (unpaired) electrons. The highest BCUT2D eigenvalue weighted by atomic mass is 31.0. The SMILES string of the molecule is C=C(CC)/C(=C\C(C=NC(CC)CC(CC)CCO)=C\C)N=C(N)N(Cc1cc(F)c(F)c(P)c1)C(C)=N. The van der Waals surface area contributed by atoms with Crippen molar-refractivity contribution in [1.29, 1.82) is 5.41 Å². The van der Waals surface area contributed by atoms with E-state index < -0.39 is 11.6 Å². The van der Waals surface area contributed by atoms with Gasteiger partial charge in [0.1, 0.15) is 0 Å². The van der Waals surface area contributed by atoms with Crippen LogP contribution in [-0.2, 0) is 6.54 Å². The topological polar surface area (TPSA) is 98.1 Å². The number of allylic oxidation sites excluding steroid dienone is 4. The number of guanidine groups is 1. The van der Waals surface area contributed by atoms with Crippen LogP contribution in [0.25, 0.3) is 0 Å². The van der Waals surface area contributed by atoms with Crippen LogP contribution in [0.5, 0.6) is 0 Å². The molecule has 0 amide bonds. The van der Waals surface area contributed by atoms with Gasteiger partial charge in [0, 0.05) is 24.2 Å². The Morgan fingerprint density at radius 3 is 2.45 bits per heavy atom. The molecular formula is C29H44F2N5OP. The molecule has 0 fully saturated rings. The number of aliphatic imine (C=N–C) groups is 2. The monoisotopic (exact) mass is 547 g/mol. The van der Waals surface area contributed by atoms with Crippen LogP contribution in [0, 0.1) is 23.0 Å². The van der Waals surface area contributed by atoms with Crippen LogP contribution in [0.3, 0.4) is 0 Å². The van der Waals surface area contributed by atoms with Crippen LogP contribution >= 0.6 is 9.24 Å². The lowest BCUT2D eigenvalue weighted by atomic mass is 9.93. The van der Waals surface area contributed by atoms with Gasteiger partial charge in [-0.3, -0.25) is 15.3 Å². The van der Waals surface area contributed by atoms with Crippen molar-refractivity contribution in [2.75, 3.05) is 6.61 Å². The number of benzene rings is 1. The number of aliphatic hydroxyl groups is 1. The summed E-state index contributed by atoms with van der Waals surface area (Å²) in [4.78, 5) is 10.8. The van der Waals surface area contributed by atoms with Crippen molar-refractivity contribution in [3.8, 4) is 0 Å². The van der Waals surface area contributed by atoms with Gasteiger partial charge in [0.2, 0.25) is 5.96 Å². The summed E-state index contributed by atoms with van der Waals surface area (Å²) < 4.78 is 27.7. The first-order valence-electron chi connectivity index (χ1n) is 13.1. The molecule has 0 aliphatic carbocycles. The molecule has 4 N–H and O–H groups in total. The molecular weight excluding hydrogens is 503 g/mol. The maximum Gasteiger partial charge on any atom is 0.202 e. The molecule has 0 aliphatic heterocycles. The average molecular weight is 548 g/mol. The summed E-state index contributed by atoms with van der Waals surface area (Å²) in [6, 6.07) is 2.74. The second-order valence-electron chi connectivity index (χ2n) is 9.26. The number of aliphatic hydroxyl groups excluding tert-OH is 1. The third-order valence-corrected chi connectivity index (χ3v) is 6.84. The molecule has 38 heavy (non-hydrogen) atoms. The van der Waals surface area contributed by atoms with Crippen molar-refractivity contribution in [3.05, 3.63) is 64.9 Å². The highest BCUT2D eigenvalue weighted by Crippen LogP contribution is 2.20. The van der Waals surface area contributed by atoms with Crippen LogP contribution < -0.4 is 11.0 Å². The van der Waals surface area contributed by atoms with Crippen LogP contribution in [0.4, 0.5) is 8.78 Å². The van der Waals surface area contributed by atoms with Gasteiger partial charge in [-0.1, -0.05) is 39.8 Å². The molecule has 0 heterocycles. The van der Waals surface area contributed by atoms with Crippen LogP contribution in [0.1, 0.15) is 72.3 Å². The van der Waals surface area contributed by atoms with E-state index >= 15 is 0 Å². The fourth-order valence-electron chi connectivity index (χ4n) is 3.83. The van der Waals surface area contributed by atoms with E-state index in [1.54, 1.807) is 6.92 Å². The first-order chi connectivity index (χ1) is 18.0. The third kappa shape index (κ3) is 10.6. The fraction of sp³-hybridized carbons (Fsp3) is 0.483. The van der Waals surface area contributed by atoms with Gasteiger partial charge in [0.25, 0.3) is 0 Å². The van der Waals surface area contributed by atoms with Gasteiger partial charge in [0.05, 0.1) is 18.1 Å². The Morgan fingerprint density at radius 2 is 1.95 bits per heavy atom. The zero-order valence-corrected chi connectivity index (χ0v) is 24.6. The number of rotatable bonds is 14. The van der Waals surface area contributed by atoms with Crippen molar-refractivity contribution < 1.29 is 13.9 Å². The molecule has 6 nitrogen and oxygen atoms in total. The Morgan fingerprint density at radius 1 is 1.26 bits per heavy atom. The Kier molecular flexibility index (Phi) is 14.9. The molecule has 0 aliphatic rings. The van der Waals surface area contributed by atoms with E-state index in [1.807, 2.05) is 32.2 Å². The summed E-state index contributed by atoms with van der Waals surface area (Å²) in [5.41, 5.74) is 8.93. The Balaban J connectivity index is 3.30. The summed E-state index contributed by atoms with van der Waals surface area (Å²) in [6.45, 7) is 14.0. The Hall–Kier alpha value is -2.70. The van der Waals surface area contributed by atoms with Crippen molar-refractivity contribution in [2.24, 2.45) is 21.6 Å². The molecule has 1 rings (SSSR count). The minimum Gasteiger partial charge on any atom is -0.396 e. The minimum atomic E-state index is -0.963. The second-order valence-corrected chi connectivity index (χ2v) is 9.88. The van der Waals surface area contributed by atoms with Gasteiger partial charge in [0.15, 0.2) is 11.6 Å². The first-order valence-corrected chi connectivity index (χ1v) is 13.7. The number of nitrogens with zero attached hydrogens (tertiary/aromatic N) is 3. The van der Waals surface area contributed by atoms with Crippen molar-refractivity contribution in [3.63, 3.8) is 0 Å². The van der Waals surface area contributed by atoms with E-state index in [4.69, 9.17) is 16.1 Å². The maximum atomic E-state index is 13.9. The van der Waals surface area contributed by atoms with Gasteiger partial charge in [-0.25, -0.2) is 13.8 Å². The predicted octanol–water partition coefficient (Wildman–Crippen LogP) is 6.02. The average Bonchev–Trinajstić information content (AvgIpc) is 2.89. The molecule has 0 saturated carbocycles. The molecule has 9 heteroatoms. The molecule has 1 aromatic carbocycles. The highest BCUT2D eigenvalue weighted by Gasteiger charge is 2.16. The summed E-state index contributed by atoms with van der Waals surface area (Å²) in [6.07, 6.45) is 9.84. The van der Waals surface area contributed by atoms with Gasteiger partial charge >= 0.3 is 0 Å². The summed E-state index contributed by atoms with van der Waals surface area (Å²) >= 11 is 0. The standard InChI is InChI=1S/C29H44F2N5OP/c1-7-19(5)26(15-22(9-3)17-34-24(10-4)13-21(8-2)11-12-37)35-29(33)36(20(6)32)18-23-14-25(30)28(31)27(38)16-23/h9,14-17,21,24,32,37H,5,7-8,10-13,18,38H2,1-4,6H3,(H2,33,35)/b22-9-,26-15+,32-20?,34-17?. The van der Waals surface area contributed by atoms with E-state index in [1.165, 1.54) is 11.0 Å². The van der Waals surface area contributed by atoms with E-state index in [0.717, 1.165) is 42.9 Å². The van der Waals surface area contributed by atoms with Gasteiger partial charge in [-0.2, -0.15) is 0 Å². The summed E-state index contributed by atoms with van der Waals surface area (Å²) in [7, 11) is 2.17. The number of halogens is 2. The largest absolute Gasteiger partial charge is 0.396 e. The molecule has 0 saturated heterocycles. The first kappa shape index (κ1) is 33.3. The van der Waals surface area contributed by atoms with E-state index in [2.05, 4.69) is 34.7 Å². The van der Waals surface area contributed by atoms with E-state index in [0.29, 0.717) is 23.6 Å². The van der Waals surface area contributed by atoms with E-state index in [-0.39, 0.29) is 36.3 Å². The zero-order valence-electron chi connectivity index (χ0n) is 23.4. The molecule has 210 valence electrons. The number of amidine groups is 1. The summed E-state index contributed by atoms with van der Waals surface area (Å²) in [5.74, 6) is -1.31. The molecule has 1 aromatic rings. The molecule has 0 aromatic heterocycles. The fourth-order valence-corrected chi connectivity index (χ4v) is 4.18. The van der Waals surface area contributed by atoms with Gasteiger partial charge in [-0.15, -0.1) is 9.24 Å². The van der Waals surface area contributed by atoms with E-state index in [9.17, 15) is 13.9 Å². The number of hydrogen-bond donors (Lipinski definition) is 3. The lowest BCUT2D eigenvalue weighted by molar-refractivity contribution is 0.243. The zero-order chi connectivity index (χ0) is 28.8. The maximum absolute atomic E-state index is 13.9. The van der Waals surface area contributed by atoms with Crippen LogP contribution in [-0.4, -0.2) is 40.7 Å². The highest BCUT2D eigenvalue weighted by molar-refractivity contribution is 7.27. The Bertz CT molecular complexity index is 1060. The van der Waals surface area contributed by atoms with Crippen LogP contribution in [0.2, 0.25) is 0 Å². The normalized spacial score (nSPS) is 14.6. The number of hydrogen-bond acceptors (Lipinski definition) is 4. The lowest BCUT2D eigenvalue weighted by Gasteiger charge is -2.23. The predicted molar refractivity (Wildman–Crippen MR) is 160 cm³/mol. The second kappa shape index (κ2) is 17.0. The van der Waals surface area contributed by atoms with Gasteiger partial charge < -0.3 is 10.8 Å². The van der Waals surface area contributed by atoms with Crippen molar-refractivity contribution >= 4 is 32.6 Å². The molecule has 0 bridgehead atoms. The van der Waals surface area contributed by atoms with Crippen molar-refractivity contribution in [2.45, 2.75) is 79.3 Å². The molecule has 3 atom stereocenters. The molecule has 0 spiro atoms.